The van der Waals surface area contributed by atoms with Crippen molar-refractivity contribution < 1.29 is 9.53 Å². The molecular formula is C21H17BrO2. The first-order chi connectivity index (χ1) is 11.6. The first kappa shape index (κ1) is 16.5. The fraction of sp³-hybridized carbons (Fsp3) is 0.0952. The Balaban J connectivity index is 2.21. The maximum Gasteiger partial charge on any atom is 0.338 e. The number of methoxy groups -OCH3 is 1. The van der Waals surface area contributed by atoms with Crippen molar-refractivity contribution in [2.24, 2.45) is 0 Å². The van der Waals surface area contributed by atoms with Gasteiger partial charge in [0.25, 0.3) is 0 Å². The van der Waals surface area contributed by atoms with E-state index in [4.69, 9.17) is 4.74 Å². The molecule has 0 atom stereocenters. The highest BCUT2D eigenvalue weighted by atomic mass is 79.9. The van der Waals surface area contributed by atoms with Crippen molar-refractivity contribution in [1.29, 1.82) is 0 Å². The highest BCUT2D eigenvalue weighted by Gasteiger charge is 2.16. The van der Waals surface area contributed by atoms with Crippen LogP contribution in [0.15, 0.2) is 71.2 Å². The average Bonchev–Trinajstić information content (AvgIpc) is 2.62. The standard InChI is InChI=1S/C21H17BrO2/c1-14-7-9-15(10-8-14)17-5-3-4-6-18(17)19-12-11-16(22)13-20(19)21(23)24-2/h3-13H,1-2H3. The molecule has 3 aromatic rings. The van der Waals surface area contributed by atoms with E-state index in [9.17, 15) is 4.79 Å². The van der Waals surface area contributed by atoms with Crippen LogP contribution in [0.5, 0.6) is 0 Å². The van der Waals surface area contributed by atoms with Gasteiger partial charge in [-0.3, -0.25) is 0 Å². The normalized spacial score (nSPS) is 10.5. The van der Waals surface area contributed by atoms with Gasteiger partial charge < -0.3 is 4.74 Å². The summed E-state index contributed by atoms with van der Waals surface area (Å²) in [6.45, 7) is 2.07. The van der Waals surface area contributed by atoms with E-state index in [1.807, 2.05) is 30.3 Å². The number of aryl methyl sites for hydroxylation is 1. The van der Waals surface area contributed by atoms with E-state index in [1.165, 1.54) is 12.7 Å². The number of esters is 1. The molecule has 0 fully saturated rings. The van der Waals surface area contributed by atoms with Crippen LogP contribution in [-0.4, -0.2) is 13.1 Å². The molecule has 0 saturated carbocycles. The zero-order chi connectivity index (χ0) is 17.1. The second-order valence-corrected chi connectivity index (χ2v) is 6.51. The fourth-order valence-corrected chi connectivity index (χ4v) is 3.09. The minimum atomic E-state index is -0.343. The Morgan fingerprint density at radius 2 is 1.54 bits per heavy atom. The lowest BCUT2D eigenvalue weighted by Crippen LogP contribution is -2.04. The van der Waals surface area contributed by atoms with Crippen LogP contribution in [0.2, 0.25) is 0 Å². The van der Waals surface area contributed by atoms with E-state index >= 15 is 0 Å². The monoisotopic (exact) mass is 380 g/mol. The van der Waals surface area contributed by atoms with Crippen molar-refractivity contribution >= 4 is 21.9 Å². The Morgan fingerprint density at radius 1 is 0.875 bits per heavy atom. The van der Waals surface area contributed by atoms with Crippen LogP contribution in [0.3, 0.4) is 0 Å². The summed E-state index contributed by atoms with van der Waals surface area (Å²) in [6, 6.07) is 22.2. The zero-order valence-corrected chi connectivity index (χ0v) is 15.1. The summed E-state index contributed by atoms with van der Waals surface area (Å²) < 4.78 is 5.80. The van der Waals surface area contributed by atoms with Crippen molar-refractivity contribution in [1.82, 2.24) is 0 Å². The summed E-state index contributed by atoms with van der Waals surface area (Å²) >= 11 is 3.43. The quantitative estimate of drug-likeness (QED) is 0.530. The van der Waals surface area contributed by atoms with Crippen LogP contribution < -0.4 is 0 Å². The van der Waals surface area contributed by atoms with Gasteiger partial charge in [0.15, 0.2) is 0 Å². The van der Waals surface area contributed by atoms with Gasteiger partial charge in [-0.05, 0) is 41.3 Å². The molecule has 0 aromatic heterocycles. The van der Waals surface area contributed by atoms with Gasteiger partial charge in [-0.1, -0.05) is 76.1 Å². The Bertz CT molecular complexity index is 883. The van der Waals surface area contributed by atoms with E-state index in [1.54, 1.807) is 6.07 Å². The smallest absolute Gasteiger partial charge is 0.338 e. The Kier molecular flexibility index (Phi) is 4.81. The van der Waals surface area contributed by atoms with Crippen LogP contribution >= 0.6 is 15.9 Å². The maximum atomic E-state index is 12.2. The lowest BCUT2D eigenvalue weighted by Gasteiger charge is -2.14. The van der Waals surface area contributed by atoms with E-state index in [0.717, 1.165) is 26.7 Å². The number of halogens is 1. The fourth-order valence-electron chi connectivity index (χ4n) is 2.73. The third-order valence-corrected chi connectivity index (χ3v) is 4.46. The largest absolute Gasteiger partial charge is 0.465 e. The summed E-state index contributed by atoms with van der Waals surface area (Å²) in [5.74, 6) is -0.343. The molecule has 0 bridgehead atoms. The Labute approximate surface area is 150 Å². The molecule has 120 valence electrons. The van der Waals surface area contributed by atoms with Gasteiger partial charge >= 0.3 is 5.97 Å². The van der Waals surface area contributed by atoms with E-state index in [-0.39, 0.29) is 5.97 Å². The number of ether oxygens (including phenoxy) is 1. The molecule has 2 nitrogen and oxygen atoms in total. The lowest BCUT2D eigenvalue weighted by atomic mass is 9.91. The van der Waals surface area contributed by atoms with Gasteiger partial charge in [0, 0.05) is 4.47 Å². The number of rotatable bonds is 3. The average molecular weight is 381 g/mol. The molecule has 0 spiro atoms. The minimum absolute atomic E-state index is 0.343. The molecule has 0 unspecified atom stereocenters. The highest BCUT2D eigenvalue weighted by molar-refractivity contribution is 9.10. The predicted molar refractivity (Wildman–Crippen MR) is 101 cm³/mol. The number of carbonyl (C=O) groups is 1. The van der Waals surface area contributed by atoms with Crippen LogP contribution in [0.1, 0.15) is 15.9 Å². The van der Waals surface area contributed by atoms with Crippen molar-refractivity contribution in [3.8, 4) is 22.3 Å². The number of benzene rings is 3. The molecular weight excluding hydrogens is 364 g/mol. The van der Waals surface area contributed by atoms with Crippen molar-refractivity contribution in [3.63, 3.8) is 0 Å². The summed E-state index contributed by atoms with van der Waals surface area (Å²) in [5.41, 5.74) is 5.84. The van der Waals surface area contributed by atoms with Crippen molar-refractivity contribution in [3.05, 3.63) is 82.3 Å². The second-order valence-electron chi connectivity index (χ2n) is 5.59. The number of hydrogen-bond donors (Lipinski definition) is 0. The number of hydrogen-bond acceptors (Lipinski definition) is 2. The molecule has 0 heterocycles. The maximum absolute atomic E-state index is 12.2. The first-order valence-corrected chi connectivity index (χ1v) is 8.44. The molecule has 0 aliphatic rings. The topological polar surface area (TPSA) is 26.3 Å². The van der Waals surface area contributed by atoms with Crippen molar-refractivity contribution in [2.45, 2.75) is 6.92 Å². The second kappa shape index (κ2) is 7.02. The molecule has 0 radical (unpaired) electrons. The SMILES string of the molecule is COC(=O)c1cc(Br)ccc1-c1ccccc1-c1ccc(C)cc1. The summed E-state index contributed by atoms with van der Waals surface area (Å²) in [4.78, 5) is 12.2. The van der Waals surface area contributed by atoms with Crippen LogP contribution in [0.4, 0.5) is 0 Å². The third kappa shape index (κ3) is 3.26. The summed E-state index contributed by atoms with van der Waals surface area (Å²) in [7, 11) is 1.40. The number of carbonyl (C=O) groups excluding carboxylic acids is 1. The third-order valence-electron chi connectivity index (χ3n) is 3.97. The van der Waals surface area contributed by atoms with Gasteiger partial charge in [-0.2, -0.15) is 0 Å². The van der Waals surface area contributed by atoms with Gasteiger partial charge in [0.1, 0.15) is 0 Å². The first-order valence-electron chi connectivity index (χ1n) is 7.64. The van der Waals surface area contributed by atoms with Gasteiger partial charge in [0.05, 0.1) is 12.7 Å². The molecule has 0 aliphatic heterocycles. The summed E-state index contributed by atoms with van der Waals surface area (Å²) in [6.07, 6.45) is 0. The lowest BCUT2D eigenvalue weighted by molar-refractivity contribution is 0.0601. The molecule has 3 rings (SSSR count). The highest BCUT2D eigenvalue weighted by Crippen LogP contribution is 2.35. The molecule has 3 heteroatoms. The van der Waals surface area contributed by atoms with E-state index in [2.05, 4.69) is 53.2 Å². The molecule has 0 aliphatic carbocycles. The zero-order valence-electron chi connectivity index (χ0n) is 13.5. The Morgan fingerprint density at radius 3 is 2.21 bits per heavy atom. The van der Waals surface area contributed by atoms with Crippen LogP contribution in [-0.2, 0) is 4.74 Å². The van der Waals surface area contributed by atoms with Crippen LogP contribution in [0, 0.1) is 6.92 Å². The van der Waals surface area contributed by atoms with E-state index in [0.29, 0.717) is 5.56 Å². The van der Waals surface area contributed by atoms with Crippen molar-refractivity contribution in [2.75, 3.05) is 7.11 Å². The van der Waals surface area contributed by atoms with Gasteiger partial charge in [-0.15, -0.1) is 0 Å². The minimum Gasteiger partial charge on any atom is -0.465 e. The molecule has 0 amide bonds. The van der Waals surface area contributed by atoms with Gasteiger partial charge in [-0.25, -0.2) is 4.79 Å². The molecule has 0 saturated heterocycles. The molecule has 24 heavy (non-hydrogen) atoms. The van der Waals surface area contributed by atoms with Crippen LogP contribution in [0.25, 0.3) is 22.3 Å². The predicted octanol–water partition coefficient (Wildman–Crippen LogP) is 5.88. The Hall–Kier alpha value is -2.39. The van der Waals surface area contributed by atoms with E-state index < -0.39 is 0 Å². The summed E-state index contributed by atoms with van der Waals surface area (Å²) in [5, 5.41) is 0. The molecule has 0 N–H and O–H groups in total. The van der Waals surface area contributed by atoms with Gasteiger partial charge in [0.2, 0.25) is 0 Å². The molecule has 3 aromatic carbocycles.